The standard InChI is InChI=1S/C36H73Cl.H3N/c1-5-8-11-14-17-20-23-26-29-32-35(4)36(37,33-30-27-24-21-18-15-12-9-6-2)34-31-28-25-22-19-16-13-10-7-3;/h35H,5-34H2,1-4H3;1H3. The Morgan fingerprint density at radius 3 is 0.921 bits per heavy atom. The van der Waals surface area contributed by atoms with Crippen LogP contribution < -0.4 is 6.15 Å². The minimum absolute atomic E-state index is 0. The van der Waals surface area contributed by atoms with E-state index in [0.717, 1.165) is 0 Å². The average Bonchev–Trinajstić information content (AvgIpc) is 2.90. The molecule has 232 valence electrons. The normalized spacial score (nSPS) is 12.6. The fourth-order valence-electron chi connectivity index (χ4n) is 6.10. The van der Waals surface area contributed by atoms with Crippen LogP contribution in [0.5, 0.6) is 0 Å². The monoisotopic (exact) mass is 558 g/mol. The van der Waals surface area contributed by atoms with Crippen molar-refractivity contribution in [2.45, 2.75) is 225 Å². The van der Waals surface area contributed by atoms with Crippen LogP contribution in [0.1, 0.15) is 220 Å². The molecule has 0 amide bonds. The van der Waals surface area contributed by atoms with Gasteiger partial charge >= 0.3 is 0 Å². The molecule has 0 aliphatic heterocycles. The van der Waals surface area contributed by atoms with E-state index in [1.54, 1.807) is 0 Å². The molecule has 0 aromatic carbocycles. The topological polar surface area (TPSA) is 35.0 Å². The van der Waals surface area contributed by atoms with Gasteiger partial charge in [-0.2, -0.15) is 0 Å². The summed E-state index contributed by atoms with van der Waals surface area (Å²) >= 11 is 7.50. The molecule has 1 nitrogen and oxygen atoms in total. The molecule has 3 N–H and O–H groups in total. The first-order valence-electron chi connectivity index (χ1n) is 17.8. The summed E-state index contributed by atoms with van der Waals surface area (Å²) in [6, 6.07) is 0. The van der Waals surface area contributed by atoms with E-state index in [9.17, 15) is 0 Å². The average molecular weight is 558 g/mol. The van der Waals surface area contributed by atoms with Crippen LogP contribution in [0, 0.1) is 5.92 Å². The summed E-state index contributed by atoms with van der Waals surface area (Å²) in [7, 11) is 0. The van der Waals surface area contributed by atoms with Gasteiger partial charge in [0.05, 0.1) is 0 Å². The molecule has 0 saturated heterocycles. The Labute approximate surface area is 248 Å². The van der Waals surface area contributed by atoms with E-state index in [1.165, 1.54) is 193 Å². The van der Waals surface area contributed by atoms with Gasteiger partial charge in [0.1, 0.15) is 0 Å². The summed E-state index contributed by atoms with van der Waals surface area (Å²) in [6.07, 6.45) is 42.1. The van der Waals surface area contributed by atoms with Crippen LogP contribution in [0.4, 0.5) is 0 Å². The number of hydrogen-bond donors (Lipinski definition) is 1. The predicted octanol–water partition coefficient (Wildman–Crippen LogP) is 14.5. The molecule has 0 aromatic heterocycles. The highest BCUT2D eigenvalue weighted by Crippen LogP contribution is 2.39. The van der Waals surface area contributed by atoms with E-state index in [0.29, 0.717) is 5.92 Å². The van der Waals surface area contributed by atoms with Crippen LogP contribution in [0.2, 0.25) is 0 Å². The quantitative estimate of drug-likeness (QED) is 0.0667. The van der Waals surface area contributed by atoms with Crippen LogP contribution in [-0.4, -0.2) is 4.87 Å². The van der Waals surface area contributed by atoms with Crippen molar-refractivity contribution in [3.8, 4) is 0 Å². The summed E-state index contributed by atoms with van der Waals surface area (Å²) in [6.45, 7) is 9.41. The van der Waals surface area contributed by atoms with Crippen LogP contribution in [0.15, 0.2) is 0 Å². The third-order valence-corrected chi connectivity index (χ3v) is 9.77. The van der Waals surface area contributed by atoms with Crippen molar-refractivity contribution in [1.82, 2.24) is 6.15 Å². The molecule has 0 spiro atoms. The molecule has 0 aliphatic carbocycles. The highest BCUT2D eigenvalue weighted by Gasteiger charge is 2.32. The lowest BCUT2D eigenvalue weighted by molar-refractivity contribution is 0.304. The van der Waals surface area contributed by atoms with E-state index >= 15 is 0 Å². The Kier molecular flexibility index (Phi) is 33.8. The van der Waals surface area contributed by atoms with Gasteiger partial charge in [0, 0.05) is 4.87 Å². The smallest absolute Gasteiger partial charge is 0.0472 e. The molecule has 0 rings (SSSR count). The van der Waals surface area contributed by atoms with Gasteiger partial charge in [-0.3, -0.25) is 0 Å². The first kappa shape index (κ1) is 40.4. The summed E-state index contributed by atoms with van der Waals surface area (Å²) < 4.78 is 0. The Morgan fingerprint density at radius 1 is 0.395 bits per heavy atom. The highest BCUT2D eigenvalue weighted by atomic mass is 35.5. The van der Waals surface area contributed by atoms with Crippen molar-refractivity contribution in [3.63, 3.8) is 0 Å². The number of alkyl halides is 1. The fraction of sp³-hybridized carbons (Fsp3) is 1.00. The van der Waals surface area contributed by atoms with Crippen LogP contribution in [0.25, 0.3) is 0 Å². The summed E-state index contributed by atoms with van der Waals surface area (Å²) in [5.74, 6) is 0.668. The highest BCUT2D eigenvalue weighted by molar-refractivity contribution is 6.24. The van der Waals surface area contributed by atoms with Gasteiger partial charge in [-0.1, -0.05) is 201 Å². The minimum Gasteiger partial charge on any atom is -0.344 e. The third-order valence-electron chi connectivity index (χ3n) is 9.02. The Balaban J connectivity index is 0. The third kappa shape index (κ3) is 26.5. The second kappa shape index (κ2) is 31.8. The lowest BCUT2D eigenvalue weighted by atomic mass is 9.80. The summed E-state index contributed by atoms with van der Waals surface area (Å²) in [5.41, 5.74) is 0. The molecule has 1 unspecified atom stereocenters. The molecule has 0 bridgehead atoms. The van der Waals surface area contributed by atoms with Crippen LogP contribution >= 0.6 is 11.6 Å². The minimum atomic E-state index is 0. The van der Waals surface area contributed by atoms with Crippen molar-refractivity contribution in [3.05, 3.63) is 0 Å². The van der Waals surface area contributed by atoms with Gasteiger partial charge in [0.15, 0.2) is 0 Å². The van der Waals surface area contributed by atoms with Crippen molar-refractivity contribution >= 4 is 11.6 Å². The number of rotatable bonds is 31. The molecule has 0 aliphatic rings. The zero-order valence-electron chi connectivity index (χ0n) is 27.4. The zero-order chi connectivity index (χ0) is 27.3. The van der Waals surface area contributed by atoms with Crippen molar-refractivity contribution in [1.29, 1.82) is 0 Å². The maximum Gasteiger partial charge on any atom is 0.0472 e. The molecule has 0 radical (unpaired) electrons. The summed E-state index contributed by atoms with van der Waals surface area (Å²) in [5, 5.41) is 0. The Hall–Kier alpha value is 0.250. The predicted molar refractivity (Wildman–Crippen MR) is 178 cm³/mol. The molecule has 0 saturated carbocycles. The van der Waals surface area contributed by atoms with Gasteiger partial charge in [-0.15, -0.1) is 11.6 Å². The van der Waals surface area contributed by atoms with Crippen LogP contribution in [-0.2, 0) is 0 Å². The first-order chi connectivity index (χ1) is 18.1. The van der Waals surface area contributed by atoms with Gasteiger partial charge in [0.25, 0.3) is 0 Å². The van der Waals surface area contributed by atoms with Crippen molar-refractivity contribution in [2.24, 2.45) is 5.92 Å². The maximum atomic E-state index is 7.50. The first-order valence-corrected chi connectivity index (χ1v) is 18.2. The van der Waals surface area contributed by atoms with Gasteiger partial charge in [0.2, 0.25) is 0 Å². The molecule has 38 heavy (non-hydrogen) atoms. The Bertz CT molecular complexity index is 402. The van der Waals surface area contributed by atoms with Crippen molar-refractivity contribution in [2.75, 3.05) is 0 Å². The van der Waals surface area contributed by atoms with Gasteiger partial charge in [-0.05, 0) is 25.2 Å². The fourth-order valence-corrected chi connectivity index (χ4v) is 6.47. The van der Waals surface area contributed by atoms with Gasteiger partial charge < -0.3 is 6.15 Å². The zero-order valence-corrected chi connectivity index (χ0v) is 28.1. The number of halogens is 1. The largest absolute Gasteiger partial charge is 0.344 e. The molecule has 0 aromatic rings. The lowest BCUT2D eigenvalue weighted by Crippen LogP contribution is -2.30. The van der Waals surface area contributed by atoms with E-state index in [-0.39, 0.29) is 11.0 Å². The number of unbranched alkanes of at least 4 members (excludes halogenated alkanes) is 24. The Morgan fingerprint density at radius 2 is 0.632 bits per heavy atom. The molecular formula is C36H76ClN. The van der Waals surface area contributed by atoms with Crippen molar-refractivity contribution < 1.29 is 0 Å². The second-order valence-corrected chi connectivity index (χ2v) is 13.5. The van der Waals surface area contributed by atoms with E-state index < -0.39 is 0 Å². The molecule has 0 heterocycles. The molecule has 2 heteroatoms. The second-order valence-electron chi connectivity index (χ2n) is 12.7. The van der Waals surface area contributed by atoms with Crippen LogP contribution in [0.3, 0.4) is 0 Å². The summed E-state index contributed by atoms with van der Waals surface area (Å²) in [4.78, 5) is 0.0579. The molecular weight excluding hydrogens is 482 g/mol. The maximum absolute atomic E-state index is 7.50. The molecule has 1 atom stereocenters. The number of hydrogen-bond acceptors (Lipinski definition) is 1. The van der Waals surface area contributed by atoms with E-state index in [2.05, 4.69) is 27.7 Å². The SMILES string of the molecule is CCCCCCCCCCCC(C)C(Cl)(CCCCCCCCCCC)CCCCCCCCCCC.N. The lowest BCUT2D eigenvalue weighted by Gasteiger charge is -2.34. The van der Waals surface area contributed by atoms with E-state index in [1.807, 2.05) is 0 Å². The van der Waals surface area contributed by atoms with Gasteiger partial charge in [-0.25, -0.2) is 0 Å². The van der Waals surface area contributed by atoms with E-state index in [4.69, 9.17) is 11.6 Å². The molecule has 0 fully saturated rings.